The summed E-state index contributed by atoms with van der Waals surface area (Å²) < 4.78 is 92.8. The molecule has 0 radical (unpaired) electrons. The van der Waals surface area contributed by atoms with E-state index in [9.17, 15) is 62.7 Å². The highest BCUT2D eigenvalue weighted by atomic mass is 31.3. The SMILES string of the molecule is CO[C@H]1C(O)[C@@H](COP(=O)([O-])OP(=O)([O-])OP(=O)([O-])c2cn(CCOP(=O)([O-])OC[C@H]3O[C@@H](n4cnc5c(=O)[nH]c(N)nc54)[C@@H](O)C3O)nn2)O[C@H]1[n+]1cn(C)c2c(=O)[nH]c(N)nc21. The first-order chi connectivity index (χ1) is 29.9. The molecule has 0 aliphatic carbocycles. The van der Waals surface area contributed by atoms with Crippen LogP contribution in [0.1, 0.15) is 12.5 Å². The van der Waals surface area contributed by atoms with Crippen LogP contribution in [0.15, 0.2) is 28.4 Å². The summed E-state index contributed by atoms with van der Waals surface area (Å²) in [5, 5.41) is 38.4. The van der Waals surface area contributed by atoms with Crippen LogP contribution in [0.5, 0.6) is 0 Å². The molecule has 0 bridgehead atoms. The Morgan fingerprint density at radius 3 is 2.23 bits per heavy atom. The Labute approximate surface area is 354 Å². The average Bonchev–Trinajstić information content (AvgIpc) is 4.01. The van der Waals surface area contributed by atoms with Gasteiger partial charge in [0.2, 0.25) is 17.7 Å². The summed E-state index contributed by atoms with van der Waals surface area (Å²) >= 11 is 0. The molecule has 0 amide bonds. The summed E-state index contributed by atoms with van der Waals surface area (Å²) in [4.78, 5) is 91.0. The first-order valence-corrected chi connectivity index (χ1v) is 23.7. The van der Waals surface area contributed by atoms with Crippen molar-refractivity contribution in [3.63, 3.8) is 0 Å². The molecule has 0 aromatic carbocycles. The maximum Gasteiger partial charge on any atom is 0.313 e. The summed E-state index contributed by atoms with van der Waals surface area (Å²) in [5.74, 6) is -0.552. The Balaban J connectivity index is 0.889. The molecule has 12 atom stereocenters. The van der Waals surface area contributed by atoms with Gasteiger partial charge in [-0.15, -0.1) is 5.10 Å². The van der Waals surface area contributed by atoms with Crippen LogP contribution in [0, 0.1) is 0 Å². The van der Waals surface area contributed by atoms with Crippen LogP contribution in [0.4, 0.5) is 11.9 Å². The number of nitrogens with zero attached hydrogens (tertiary/aromatic N) is 9. The van der Waals surface area contributed by atoms with Crippen molar-refractivity contribution in [1.29, 1.82) is 0 Å². The Morgan fingerprint density at radius 1 is 0.875 bits per heavy atom. The van der Waals surface area contributed by atoms with Gasteiger partial charge in [0.25, 0.3) is 40.5 Å². The second kappa shape index (κ2) is 17.9. The smallest absolute Gasteiger partial charge is 0.313 e. The molecule has 7 rings (SSSR count). The number of H-pyrrole nitrogens is 2. The van der Waals surface area contributed by atoms with Gasteiger partial charge in [0.1, 0.15) is 36.6 Å². The zero-order valence-electron chi connectivity index (χ0n) is 32.3. The van der Waals surface area contributed by atoms with E-state index in [0.29, 0.717) is 10.9 Å². The number of aromatic nitrogens is 11. The van der Waals surface area contributed by atoms with Crippen molar-refractivity contribution in [3.05, 3.63) is 39.6 Å². The van der Waals surface area contributed by atoms with Gasteiger partial charge in [-0.3, -0.25) is 46.7 Å². The molecule has 352 valence electrons. The maximum atomic E-state index is 12.7. The van der Waals surface area contributed by atoms with E-state index in [1.165, 1.54) is 29.6 Å². The third-order valence-electron chi connectivity index (χ3n) is 9.29. The van der Waals surface area contributed by atoms with Crippen LogP contribution in [-0.4, -0.2) is 128 Å². The fourth-order valence-electron chi connectivity index (χ4n) is 6.49. The molecular weight excluding hydrogens is 954 g/mol. The lowest BCUT2D eigenvalue weighted by Gasteiger charge is -2.34. The lowest BCUT2D eigenvalue weighted by Crippen LogP contribution is -2.47. The van der Waals surface area contributed by atoms with Crippen LogP contribution < -0.4 is 52.2 Å². The number of nitrogens with two attached hydrogens (primary N) is 2. The number of aromatic amines is 2. The standard InChI is InChI=1S/C26H37N13O21P4/c1-36-9-39(20-14(36)22(44)33-26(28)31-20)24-18(53-2)16(41)11(58-24)7-56-63(49,50)60-64(51,52)59-61(45,46)12-5-37(35-34-12)3-4-54-62(47,48)55-6-10-15(40)17(42)23(57-10)38-8-29-13-19(38)30-25(27)32-21(13)43/h5,8-11,15-18,23-24,40-42H,3-4,6-7H2,1-2H3,(H9-,27,28,30,31,32,33,43,44,45,46,47,48,49,50,51,52)/p-3/t10-,11-,15?,16?,17+,18+,23-,24-/m1/s1. The number of nitrogens with one attached hydrogen (secondary N) is 2. The number of phosphoric acid groups is 3. The zero-order chi connectivity index (χ0) is 46.7. The number of hydrogen-bond donors (Lipinski definition) is 7. The van der Waals surface area contributed by atoms with Crippen molar-refractivity contribution in [2.45, 2.75) is 55.6 Å². The average molecular weight is 989 g/mol. The molecule has 9 N–H and O–H groups in total. The van der Waals surface area contributed by atoms with Gasteiger partial charge in [-0.05, 0) is 0 Å². The van der Waals surface area contributed by atoms with Gasteiger partial charge in [-0.1, -0.05) is 10.2 Å². The molecule has 2 fully saturated rings. The minimum atomic E-state index is -6.36. The van der Waals surface area contributed by atoms with Crippen molar-refractivity contribution >= 4 is 70.7 Å². The zero-order valence-corrected chi connectivity index (χ0v) is 35.9. The number of ether oxygens (including phenoxy) is 3. The second-order valence-corrected chi connectivity index (χ2v) is 19.8. The van der Waals surface area contributed by atoms with E-state index in [-0.39, 0.29) is 34.2 Å². The van der Waals surface area contributed by atoms with E-state index < -0.39 is 123 Å². The van der Waals surface area contributed by atoms with E-state index in [2.05, 4.69) is 52.9 Å². The molecule has 2 saturated heterocycles. The van der Waals surface area contributed by atoms with Gasteiger partial charge in [0.05, 0.1) is 45.9 Å². The van der Waals surface area contributed by atoms with E-state index in [4.69, 9.17) is 30.2 Å². The number of nitrogen functional groups attached to an aromatic ring is 2. The summed E-state index contributed by atoms with van der Waals surface area (Å²) in [6.45, 7) is -3.39. The molecule has 5 aromatic rings. The second-order valence-electron chi connectivity index (χ2n) is 13.6. The normalized spacial score (nSPS) is 27.7. The highest BCUT2D eigenvalue weighted by Crippen LogP contribution is 2.62. The van der Waals surface area contributed by atoms with E-state index in [1.807, 2.05) is 0 Å². The number of hydrogen-bond acceptors (Lipinski definition) is 28. The number of phosphoric ester groups is 2. The molecule has 38 heteroatoms. The first-order valence-electron chi connectivity index (χ1n) is 17.8. The molecule has 2 aliphatic rings. The molecular formula is C26H34N13O21P4-3. The molecule has 2 aliphatic heterocycles. The predicted molar refractivity (Wildman–Crippen MR) is 195 cm³/mol. The number of methoxy groups -OCH3 is 1. The molecule has 0 saturated carbocycles. The lowest BCUT2D eigenvalue weighted by molar-refractivity contribution is -0.746. The van der Waals surface area contributed by atoms with Crippen LogP contribution in [-0.2, 0) is 68.3 Å². The number of rotatable bonds is 18. The summed E-state index contributed by atoms with van der Waals surface area (Å²) in [7, 11) is -20.8. The van der Waals surface area contributed by atoms with Gasteiger partial charge < -0.3 is 78.7 Å². The first kappa shape index (κ1) is 47.7. The summed E-state index contributed by atoms with van der Waals surface area (Å²) in [5.41, 5.74) is 8.44. The topological polar surface area (TPSA) is 496 Å². The quantitative estimate of drug-likeness (QED) is 0.0317. The predicted octanol–water partition coefficient (Wildman–Crippen LogP) is -7.30. The van der Waals surface area contributed by atoms with Crippen LogP contribution in [0.3, 0.4) is 0 Å². The van der Waals surface area contributed by atoms with E-state index >= 15 is 0 Å². The number of fused-ring (bicyclic) bond motifs is 2. The van der Waals surface area contributed by atoms with Crippen molar-refractivity contribution in [2.75, 3.05) is 38.4 Å². The molecule has 5 aromatic heterocycles. The molecule has 6 unspecified atom stereocenters. The number of aliphatic hydroxyl groups excluding tert-OH is 3. The third kappa shape index (κ3) is 9.95. The minimum absolute atomic E-state index is 0.0137. The Bertz CT molecular complexity index is 2870. The summed E-state index contributed by atoms with van der Waals surface area (Å²) in [6.07, 6.45) is -9.08. The maximum absolute atomic E-state index is 12.7. The van der Waals surface area contributed by atoms with Crippen LogP contribution in [0.2, 0.25) is 0 Å². The lowest BCUT2D eigenvalue weighted by atomic mass is 10.1. The number of anilines is 2. The fourth-order valence-corrected chi connectivity index (χ4v) is 10.9. The van der Waals surface area contributed by atoms with Gasteiger partial charge in [0, 0.05) is 7.11 Å². The van der Waals surface area contributed by atoms with Crippen LogP contribution >= 0.6 is 31.1 Å². The summed E-state index contributed by atoms with van der Waals surface area (Å²) in [6, 6.07) is 0. The largest absolute Gasteiger partial charge is 0.774 e. The van der Waals surface area contributed by atoms with E-state index in [0.717, 1.165) is 10.9 Å². The fraction of sp³-hybridized carbons (Fsp3) is 0.538. The van der Waals surface area contributed by atoms with Crippen molar-refractivity contribution in [3.8, 4) is 0 Å². The van der Waals surface area contributed by atoms with E-state index in [1.54, 1.807) is 0 Å². The Hall–Kier alpha value is -4.24. The highest BCUT2D eigenvalue weighted by molar-refractivity contribution is 7.70. The molecule has 7 heterocycles. The van der Waals surface area contributed by atoms with Crippen molar-refractivity contribution in [2.24, 2.45) is 7.05 Å². The Kier molecular flexibility index (Phi) is 13.3. The highest BCUT2D eigenvalue weighted by Gasteiger charge is 2.49. The van der Waals surface area contributed by atoms with Gasteiger partial charge in [0.15, 0.2) is 36.7 Å². The number of aliphatic hydroxyl groups is 3. The van der Waals surface area contributed by atoms with Gasteiger partial charge in [-0.2, -0.15) is 4.98 Å². The third-order valence-corrected chi connectivity index (χ3v) is 14.7. The van der Waals surface area contributed by atoms with Gasteiger partial charge >= 0.3 is 5.65 Å². The molecule has 64 heavy (non-hydrogen) atoms. The minimum Gasteiger partial charge on any atom is -0.774 e. The monoisotopic (exact) mass is 988 g/mol. The number of imidazole rings is 2. The Morgan fingerprint density at radius 2 is 1.53 bits per heavy atom. The van der Waals surface area contributed by atoms with Crippen LogP contribution in [0.25, 0.3) is 22.3 Å². The van der Waals surface area contributed by atoms with Crippen molar-refractivity contribution < 1.29 is 94.1 Å². The van der Waals surface area contributed by atoms with Gasteiger partial charge in [-0.25, -0.2) is 18.5 Å². The number of aryl methyl sites for hydroxylation is 1. The molecule has 0 spiro atoms. The molecule has 34 nitrogen and oxygen atoms in total. The van der Waals surface area contributed by atoms with Crippen molar-refractivity contribution in [1.82, 2.24) is 49.0 Å².